The van der Waals surface area contributed by atoms with Crippen LogP contribution in [0.15, 0.2) is 63.0 Å². The summed E-state index contributed by atoms with van der Waals surface area (Å²) in [6.07, 6.45) is 0.192. The number of ether oxygens (including phenoxy) is 1. The number of aliphatic hydroxyl groups is 1. The zero-order valence-corrected chi connectivity index (χ0v) is 17.4. The summed E-state index contributed by atoms with van der Waals surface area (Å²) in [7, 11) is 0. The molecule has 3 aromatic rings. The van der Waals surface area contributed by atoms with E-state index in [0.717, 1.165) is 22.4 Å². The van der Waals surface area contributed by atoms with Crippen LogP contribution < -0.4 is 10.3 Å². The van der Waals surface area contributed by atoms with E-state index in [-0.39, 0.29) is 12.1 Å². The van der Waals surface area contributed by atoms with Crippen LogP contribution in [0.5, 0.6) is 5.75 Å². The van der Waals surface area contributed by atoms with Crippen molar-refractivity contribution in [1.29, 1.82) is 0 Å². The number of rotatable bonds is 8. The molecule has 1 N–H and O–H groups in total. The molecule has 0 saturated carbocycles. The van der Waals surface area contributed by atoms with Gasteiger partial charge >= 0.3 is 0 Å². The molecule has 0 radical (unpaired) electrons. The summed E-state index contributed by atoms with van der Waals surface area (Å²) in [4.78, 5) is 17.5. The monoisotopic (exact) mass is 448 g/mol. The van der Waals surface area contributed by atoms with E-state index in [1.165, 1.54) is 11.8 Å². The van der Waals surface area contributed by atoms with Crippen molar-refractivity contribution in [2.75, 3.05) is 12.4 Å². The summed E-state index contributed by atoms with van der Waals surface area (Å²) in [5, 5.41) is 11.0. The Bertz CT molecular complexity index is 961. The molecule has 0 bridgehead atoms. The number of aromatic nitrogens is 2. The molecule has 7 heteroatoms. The van der Waals surface area contributed by atoms with Gasteiger partial charge in [0.2, 0.25) is 0 Å². The Balaban J connectivity index is 1.72. The lowest BCUT2D eigenvalue weighted by Gasteiger charge is -2.14. The van der Waals surface area contributed by atoms with Crippen LogP contribution in [0.2, 0.25) is 0 Å². The Labute approximate surface area is 170 Å². The SMILES string of the molecule is C[C@H](O)Cn1c(SCCCOc2ccccc2)nc2ccc(Br)cc2c1=O. The van der Waals surface area contributed by atoms with E-state index < -0.39 is 6.10 Å². The van der Waals surface area contributed by atoms with Crippen LogP contribution in [0.4, 0.5) is 0 Å². The molecule has 0 amide bonds. The third-order valence-corrected chi connectivity index (χ3v) is 5.42. The molecule has 5 nitrogen and oxygen atoms in total. The lowest BCUT2D eigenvalue weighted by molar-refractivity contribution is 0.168. The lowest BCUT2D eigenvalue weighted by Crippen LogP contribution is -2.28. The standard InChI is InChI=1S/C20H21BrN2O3S/c1-14(24)13-23-19(25)17-12-15(21)8-9-18(17)22-20(23)27-11-5-10-26-16-6-3-2-4-7-16/h2-4,6-9,12,14,24H,5,10-11,13H2,1H3/t14-/m0/s1. The third-order valence-electron chi connectivity index (χ3n) is 3.86. The first-order chi connectivity index (χ1) is 13.0. The number of benzene rings is 2. The van der Waals surface area contributed by atoms with Crippen molar-refractivity contribution >= 4 is 38.6 Å². The van der Waals surface area contributed by atoms with E-state index in [2.05, 4.69) is 20.9 Å². The van der Waals surface area contributed by atoms with Crippen molar-refractivity contribution in [3.05, 3.63) is 63.4 Å². The van der Waals surface area contributed by atoms with Crippen LogP contribution in [-0.2, 0) is 6.54 Å². The first-order valence-electron chi connectivity index (χ1n) is 8.73. The van der Waals surface area contributed by atoms with Crippen LogP contribution in [-0.4, -0.2) is 33.1 Å². The number of para-hydroxylation sites is 1. The number of thioether (sulfide) groups is 1. The minimum atomic E-state index is -0.630. The highest BCUT2D eigenvalue weighted by Crippen LogP contribution is 2.21. The maximum Gasteiger partial charge on any atom is 0.262 e. The average Bonchev–Trinajstić information content (AvgIpc) is 2.65. The first kappa shape index (κ1) is 19.9. The average molecular weight is 449 g/mol. The number of aliphatic hydroxyl groups excluding tert-OH is 1. The van der Waals surface area contributed by atoms with E-state index >= 15 is 0 Å². The summed E-state index contributed by atoms with van der Waals surface area (Å²) < 4.78 is 8.09. The van der Waals surface area contributed by atoms with Crippen LogP contribution >= 0.6 is 27.7 Å². The molecule has 1 aromatic heterocycles. The van der Waals surface area contributed by atoms with Crippen LogP contribution in [0.1, 0.15) is 13.3 Å². The minimum Gasteiger partial charge on any atom is -0.494 e. The van der Waals surface area contributed by atoms with E-state index in [4.69, 9.17) is 4.74 Å². The smallest absolute Gasteiger partial charge is 0.262 e. The molecule has 0 spiro atoms. The maximum atomic E-state index is 12.9. The molecule has 2 aromatic carbocycles. The van der Waals surface area contributed by atoms with E-state index in [0.29, 0.717) is 22.7 Å². The van der Waals surface area contributed by atoms with Crippen LogP contribution in [0.3, 0.4) is 0 Å². The van der Waals surface area contributed by atoms with Gasteiger partial charge in [-0.05, 0) is 43.7 Å². The van der Waals surface area contributed by atoms with Crippen molar-refractivity contribution in [2.45, 2.75) is 31.1 Å². The molecule has 3 rings (SSSR count). The van der Waals surface area contributed by atoms with E-state index in [1.54, 1.807) is 17.6 Å². The summed E-state index contributed by atoms with van der Waals surface area (Å²) in [5.41, 5.74) is 0.526. The molecule has 142 valence electrons. The van der Waals surface area contributed by atoms with Crippen molar-refractivity contribution in [3.8, 4) is 5.75 Å². The zero-order valence-electron chi connectivity index (χ0n) is 15.0. The molecule has 1 heterocycles. The van der Waals surface area contributed by atoms with E-state index in [9.17, 15) is 9.90 Å². The van der Waals surface area contributed by atoms with Crippen molar-refractivity contribution in [2.24, 2.45) is 0 Å². The predicted octanol–water partition coefficient (Wildman–Crippen LogP) is 4.10. The highest BCUT2D eigenvalue weighted by molar-refractivity contribution is 9.10. The molecule has 1 atom stereocenters. The normalized spacial score (nSPS) is 12.3. The molecule has 0 aliphatic carbocycles. The maximum absolute atomic E-state index is 12.9. The molecular formula is C20H21BrN2O3S. The summed E-state index contributed by atoms with van der Waals surface area (Å²) in [5.74, 6) is 1.61. The fraction of sp³-hybridized carbons (Fsp3) is 0.300. The first-order valence-corrected chi connectivity index (χ1v) is 10.5. The third kappa shape index (κ3) is 5.34. The molecule has 0 aliphatic rings. The fourth-order valence-electron chi connectivity index (χ4n) is 2.64. The number of hydrogen-bond donors (Lipinski definition) is 1. The van der Waals surface area contributed by atoms with Gasteiger partial charge in [-0.1, -0.05) is 45.9 Å². The van der Waals surface area contributed by atoms with Gasteiger partial charge in [0, 0.05) is 10.2 Å². The van der Waals surface area contributed by atoms with Crippen LogP contribution in [0.25, 0.3) is 10.9 Å². The minimum absolute atomic E-state index is 0.134. The number of halogens is 1. The van der Waals surface area contributed by atoms with Gasteiger partial charge in [0.1, 0.15) is 5.75 Å². The molecule has 27 heavy (non-hydrogen) atoms. The second kappa shape index (κ2) is 9.39. The van der Waals surface area contributed by atoms with E-state index in [1.807, 2.05) is 42.5 Å². The Morgan fingerprint density at radius 1 is 1.26 bits per heavy atom. The number of nitrogens with zero attached hydrogens (tertiary/aromatic N) is 2. The zero-order chi connectivity index (χ0) is 19.2. The van der Waals surface area contributed by atoms with Gasteiger partial charge in [-0.25, -0.2) is 4.98 Å². The Morgan fingerprint density at radius 2 is 2.04 bits per heavy atom. The largest absolute Gasteiger partial charge is 0.494 e. The van der Waals surface area contributed by atoms with Gasteiger partial charge < -0.3 is 9.84 Å². The van der Waals surface area contributed by atoms with Crippen molar-refractivity contribution in [3.63, 3.8) is 0 Å². The van der Waals surface area contributed by atoms with Crippen LogP contribution in [0, 0.1) is 0 Å². The molecular weight excluding hydrogens is 428 g/mol. The highest BCUT2D eigenvalue weighted by Gasteiger charge is 2.13. The topological polar surface area (TPSA) is 64.3 Å². The Kier molecular flexibility index (Phi) is 6.93. The van der Waals surface area contributed by atoms with Gasteiger partial charge in [0.15, 0.2) is 5.16 Å². The van der Waals surface area contributed by atoms with Gasteiger partial charge in [0.05, 0.1) is 30.2 Å². The van der Waals surface area contributed by atoms with Crippen molar-refractivity contribution < 1.29 is 9.84 Å². The summed E-state index contributed by atoms with van der Waals surface area (Å²) in [6, 6.07) is 15.2. The predicted molar refractivity (Wildman–Crippen MR) is 113 cm³/mol. The molecule has 0 aliphatic heterocycles. The summed E-state index contributed by atoms with van der Waals surface area (Å²) >= 11 is 4.90. The quantitative estimate of drug-likeness (QED) is 0.319. The molecule has 0 fully saturated rings. The molecule has 0 unspecified atom stereocenters. The van der Waals surface area contributed by atoms with Gasteiger partial charge in [-0.15, -0.1) is 0 Å². The van der Waals surface area contributed by atoms with Crippen molar-refractivity contribution in [1.82, 2.24) is 9.55 Å². The lowest BCUT2D eigenvalue weighted by atomic mass is 10.2. The fourth-order valence-corrected chi connectivity index (χ4v) is 3.92. The molecule has 0 saturated heterocycles. The van der Waals surface area contributed by atoms with Gasteiger partial charge in [-0.2, -0.15) is 0 Å². The van der Waals surface area contributed by atoms with Gasteiger partial charge in [-0.3, -0.25) is 9.36 Å². The Morgan fingerprint density at radius 3 is 2.78 bits per heavy atom. The summed E-state index contributed by atoms with van der Waals surface area (Å²) in [6.45, 7) is 2.48. The second-order valence-electron chi connectivity index (χ2n) is 6.18. The second-order valence-corrected chi connectivity index (χ2v) is 8.16. The Hall–Kier alpha value is -1.83. The number of fused-ring (bicyclic) bond motifs is 1. The number of hydrogen-bond acceptors (Lipinski definition) is 5. The highest BCUT2D eigenvalue weighted by atomic mass is 79.9. The van der Waals surface area contributed by atoms with Gasteiger partial charge in [0.25, 0.3) is 5.56 Å².